The second-order valence-corrected chi connectivity index (χ2v) is 4.99. The first kappa shape index (κ1) is 16.2. The largest absolute Gasteiger partial charge is 0.378 e. The van der Waals surface area contributed by atoms with E-state index in [1.54, 1.807) is 6.07 Å². The van der Waals surface area contributed by atoms with E-state index in [0.717, 1.165) is 17.3 Å². The number of carbonyl (C=O) groups excluding carboxylic acids is 1. The van der Waals surface area contributed by atoms with E-state index in [-0.39, 0.29) is 11.1 Å². The van der Waals surface area contributed by atoms with E-state index in [1.165, 1.54) is 18.3 Å². The van der Waals surface area contributed by atoms with Crippen molar-refractivity contribution in [2.24, 2.45) is 5.10 Å². The molecule has 0 saturated heterocycles. The molecule has 2 rings (SSSR count). The maximum Gasteiger partial charge on any atom is 0.274 e. The second-order valence-electron chi connectivity index (χ2n) is 4.99. The summed E-state index contributed by atoms with van der Waals surface area (Å²) in [5, 5.41) is 12.5. The smallest absolute Gasteiger partial charge is 0.274 e. The van der Waals surface area contributed by atoms with Gasteiger partial charge in [0.05, 0.1) is 23.4 Å². The van der Waals surface area contributed by atoms with Gasteiger partial charge in [0.2, 0.25) is 0 Å². The van der Waals surface area contributed by atoms with Crippen molar-refractivity contribution < 1.29 is 9.18 Å². The van der Waals surface area contributed by atoms with Crippen LogP contribution in [0, 0.1) is 17.1 Å². The average Bonchev–Trinajstić information content (AvgIpc) is 2.55. The fourth-order valence-electron chi connectivity index (χ4n) is 1.85. The molecule has 116 valence electrons. The quantitative estimate of drug-likeness (QED) is 0.697. The summed E-state index contributed by atoms with van der Waals surface area (Å²) in [5.41, 5.74) is 4.10. The molecule has 0 aliphatic carbocycles. The van der Waals surface area contributed by atoms with Gasteiger partial charge < -0.3 is 4.90 Å². The van der Waals surface area contributed by atoms with Gasteiger partial charge >= 0.3 is 0 Å². The van der Waals surface area contributed by atoms with Crippen LogP contribution in [-0.4, -0.2) is 26.2 Å². The highest BCUT2D eigenvalue weighted by Crippen LogP contribution is 2.11. The average molecular weight is 310 g/mol. The van der Waals surface area contributed by atoms with Gasteiger partial charge in [-0.25, -0.2) is 9.82 Å². The maximum atomic E-state index is 13.7. The summed E-state index contributed by atoms with van der Waals surface area (Å²) in [6.45, 7) is 0. The first-order valence-electron chi connectivity index (χ1n) is 6.81. The van der Waals surface area contributed by atoms with E-state index in [9.17, 15) is 9.18 Å². The first-order chi connectivity index (χ1) is 11.0. The normalized spacial score (nSPS) is 10.3. The summed E-state index contributed by atoms with van der Waals surface area (Å²) >= 11 is 0. The molecule has 0 heterocycles. The molecule has 6 heteroatoms. The van der Waals surface area contributed by atoms with Crippen LogP contribution in [0.5, 0.6) is 0 Å². The SMILES string of the molecule is CN(C)c1ccc(C=NNC(=O)c2ccc(C#N)cc2F)cc1. The van der Waals surface area contributed by atoms with Crippen molar-refractivity contribution in [3.05, 3.63) is 65.0 Å². The molecule has 0 unspecified atom stereocenters. The van der Waals surface area contributed by atoms with Crippen LogP contribution in [0.4, 0.5) is 10.1 Å². The van der Waals surface area contributed by atoms with Gasteiger partial charge in [0, 0.05) is 19.8 Å². The summed E-state index contributed by atoms with van der Waals surface area (Å²) in [6, 6.07) is 13.0. The minimum Gasteiger partial charge on any atom is -0.378 e. The summed E-state index contributed by atoms with van der Waals surface area (Å²) in [5.74, 6) is -1.43. The van der Waals surface area contributed by atoms with Crippen molar-refractivity contribution >= 4 is 17.8 Å². The standard InChI is InChI=1S/C17H15FN4O/c1-22(2)14-6-3-12(4-7-14)11-20-21-17(23)15-8-5-13(10-19)9-16(15)18/h3-9,11H,1-2H3,(H,21,23). The zero-order chi connectivity index (χ0) is 16.8. The lowest BCUT2D eigenvalue weighted by atomic mass is 10.1. The van der Waals surface area contributed by atoms with E-state index in [4.69, 9.17) is 5.26 Å². The van der Waals surface area contributed by atoms with Crippen LogP contribution in [-0.2, 0) is 0 Å². The minimum atomic E-state index is -0.757. The number of hydrogen-bond acceptors (Lipinski definition) is 4. The molecule has 1 amide bonds. The third-order valence-electron chi connectivity index (χ3n) is 3.13. The van der Waals surface area contributed by atoms with Crippen molar-refractivity contribution in [3.63, 3.8) is 0 Å². The van der Waals surface area contributed by atoms with E-state index in [1.807, 2.05) is 43.3 Å². The highest BCUT2D eigenvalue weighted by Gasteiger charge is 2.11. The minimum absolute atomic E-state index is 0.156. The molecule has 5 nitrogen and oxygen atoms in total. The Labute approximate surface area is 133 Å². The van der Waals surface area contributed by atoms with Crippen LogP contribution in [0.15, 0.2) is 47.6 Å². The molecule has 0 radical (unpaired) electrons. The molecule has 23 heavy (non-hydrogen) atoms. The number of nitrogens with zero attached hydrogens (tertiary/aromatic N) is 3. The van der Waals surface area contributed by atoms with Gasteiger partial charge in [-0.05, 0) is 35.9 Å². The molecule has 0 atom stereocenters. The van der Waals surface area contributed by atoms with E-state index >= 15 is 0 Å². The number of benzene rings is 2. The number of amides is 1. The van der Waals surface area contributed by atoms with Crippen molar-refractivity contribution in [2.75, 3.05) is 19.0 Å². The van der Waals surface area contributed by atoms with Crippen LogP contribution in [0.25, 0.3) is 0 Å². The molecule has 2 aromatic rings. The fraction of sp³-hybridized carbons (Fsp3) is 0.118. The number of anilines is 1. The Hall–Kier alpha value is -3.20. The lowest BCUT2D eigenvalue weighted by molar-refractivity contribution is 0.0951. The van der Waals surface area contributed by atoms with Crippen LogP contribution >= 0.6 is 0 Å². The Bertz CT molecular complexity index is 776. The Morgan fingerprint density at radius 3 is 2.52 bits per heavy atom. The molecular weight excluding hydrogens is 295 g/mol. The Morgan fingerprint density at radius 2 is 1.96 bits per heavy atom. The number of carbonyl (C=O) groups is 1. The van der Waals surface area contributed by atoms with E-state index in [0.29, 0.717) is 0 Å². The molecule has 1 N–H and O–H groups in total. The second kappa shape index (κ2) is 7.18. The first-order valence-corrected chi connectivity index (χ1v) is 6.81. The summed E-state index contributed by atoms with van der Waals surface area (Å²) < 4.78 is 13.7. The van der Waals surface area contributed by atoms with Gasteiger partial charge in [0.15, 0.2) is 0 Å². The Balaban J connectivity index is 2.02. The number of hydrazone groups is 1. The molecule has 0 aromatic heterocycles. The van der Waals surface area contributed by atoms with Crippen molar-refractivity contribution in [3.8, 4) is 6.07 Å². The molecule has 0 aliphatic heterocycles. The van der Waals surface area contributed by atoms with Crippen LogP contribution < -0.4 is 10.3 Å². The highest BCUT2D eigenvalue weighted by atomic mass is 19.1. The van der Waals surface area contributed by atoms with Crippen LogP contribution in [0.1, 0.15) is 21.5 Å². The van der Waals surface area contributed by atoms with Gasteiger partial charge in [-0.15, -0.1) is 0 Å². The number of nitrogens with one attached hydrogen (secondary N) is 1. The summed E-state index contributed by atoms with van der Waals surface area (Å²) in [7, 11) is 3.88. The van der Waals surface area contributed by atoms with Gasteiger partial charge in [-0.1, -0.05) is 12.1 Å². The third-order valence-corrected chi connectivity index (χ3v) is 3.13. The topological polar surface area (TPSA) is 68.5 Å². The van der Waals surface area contributed by atoms with Crippen LogP contribution in [0.3, 0.4) is 0 Å². The van der Waals surface area contributed by atoms with Crippen molar-refractivity contribution in [1.82, 2.24) is 5.43 Å². The Kier molecular flexibility index (Phi) is 5.05. The summed E-state index contributed by atoms with van der Waals surface area (Å²) in [4.78, 5) is 13.8. The molecule has 2 aromatic carbocycles. The third kappa shape index (κ3) is 4.14. The van der Waals surface area contributed by atoms with Gasteiger partial charge in [0.1, 0.15) is 5.82 Å². The molecule has 0 bridgehead atoms. The number of hydrogen-bond donors (Lipinski definition) is 1. The van der Waals surface area contributed by atoms with Crippen molar-refractivity contribution in [1.29, 1.82) is 5.26 Å². The van der Waals surface area contributed by atoms with Gasteiger partial charge in [-0.2, -0.15) is 10.4 Å². The predicted octanol–water partition coefficient (Wildman–Crippen LogP) is 2.53. The van der Waals surface area contributed by atoms with Crippen LogP contribution in [0.2, 0.25) is 0 Å². The van der Waals surface area contributed by atoms with Gasteiger partial charge in [0.25, 0.3) is 5.91 Å². The molecule has 0 aliphatic rings. The van der Waals surface area contributed by atoms with E-state index < -0.39 is 11.7 Å². The summed E-state index contributed by atoms with van der Waals surface area (Å²) in [6.07, 6.45) is 1.47. The number of nitriles is 1. The maximum absolute atomic E-state index is 13.7. The number of halogens is 1. The van der Waals surface area contributed by atoms with Gasteiger partial charge in [-0.3, -0.25) is 4.79 Å². The Morgan fingerprint density at radius 1 is 1.26 bits per heavy atom. The fourth-order valence-corrected chi connectivity index (χ4v) is 1.85. The lowest BCUT2D eigenvalue weighted by Gasteiger charge is -2.11. The number of rotatable bonds is 4. The molecular formula is C17H15FN4O. The predicted molar refractivity (Wildman–Crippen MR) is 86.9 cm³/mol. The highest BCUT2D eigenvalue weighted by molar-refractivity contribution is 5.95. The molecule has 0 saturated carbocycles. The lowest BCUT2D eigenvalue weighted by Crippen LogP contribution is -2.19. The van der Waals surface area contributed by atoms with E-state index in [2.05, 4.69) is 10.5 Å². The zero-order valence-corrected chi connectivity index (χ0v) is 12.7. The zero-order valence-electron chi connectivity index (χ0n) is 12.7. The monoisotopic (exact) mass is 310 g/mol. The molecule has 0 fully saturated rings. The molecule has 0 spiro atoms. The van der Waals surface area contributed by atoms with Crippen molar-refractivity contribution in [2.45, 2.75) is 0 Å².